The van der Waals surface area contributed by atoms with E-state index in [9.17, 15) is 27.9 Å². The molecule has 0 radical (unpaired) electrons. The summed E-state index contributed by atoms with van der Waals surface area (Å²) in [6.07, 6.45) is -4.98. The third kappa shape index (κ3) is 3.15. The van der Waals surface area contributed by atoms with Crippen LogP contribution in [0.25, 0.3) is 0 Å². The number of phenolic OH excluding ortho intramolecular Hbond substituents is 2. The Morgan fingerprint density at radius 1 is 1.26 bits per heavy atom. The van der Waals surface area contributed by atoms with Gasteiger partial charge in [-0.15, -0.1) is 0 Å². The molecule has 5 nitrogen and oxygen atoms in total. The van der Waals surface area contributed by atoms with Gasteiger partial charge in [-0.05, 0) is 19.1 Å². The maximum atomic E-state index is 12.5. The molecule has 0 saturated heterocycles. The maximum Gasteiger partial charge on any atom is 0.420 e. The zero-order valence-corrected chi connectivity index (χ0v) is 9.61. The molecular weight excluding hydrogens is 269 g/mol. The maximum absolute atomic E-state index is 12.5. The van der Waals surface area contributed by atoms with Crippen LogP contribution in [0, 0.1) is 0 Å². The summed E-state index contributed by atoms with van der Waals surface area (Å²) < 4.78 is 41.9. The van der Waals surface area contributed by atoms with E-state index in [1.165, 1.54) is 6.92 Å². The molecule has 0 aliphatic heterocycles. The average Bonchev–Trinajstić information content (AvgIpc) is 2.29. The second-order valence-corrected chi connectivity index (χ2v) is 3.44. The second kappa shape index (κ2) is 5.17. The Morgan fingerprint density at radius 3 is 2.32 bits per heavy atom. The van der Waals surface area contributed by atoms with Gasteiger partial charge < -0.3 is 14.9 Å². The van der Waals surface area contributed by atoms with E-state index in [1.807, 2.05) is 0 Å². The molecule has 0 fully saturated rings. The number of alkyl halides is 3. The van der Waals surface area contributed by atoms with Crippen LogP contribution < -0.4 is 0 Å². The number of aromatic hydroxyl groups is 2. The fraction of sp³-hybridized carbons (Fsp3) is 0.273. The number of hydrogen-bond donors (Lipinski definition) is 2. The molecule has 0 spiro atoms. The topological polar surface area (TPSA) is 83.8 Å². The number of hydrogen-bond acceptors (Lipinski definition) is 5. The molecule has 0 saturated carbocycles. The smallest absolute Gasteiger partial charge is 0.420 e. The molecule has 0 heterocycles. The van der Waals surface area contributed by atoms with Crippen LogP contribution in [-0.4, -0.2) is 28.6 Å². The van der Waals surface area contributed by atoms with Gasteiger partial charge in [0.25, 0.3) is 5.78 Å². The number of halogens is 3. The van der Waals surface area contributed by atoms with E-state index in [0.717, 1.165) is 0 Å². The molecule has 104 valence electrons. The molecule has 0 aliphatic carbocycles. The third-order valence-electron chi connectivity index (χ3n) is 2.11. The van der Waals surface area contributed by atoms with Crippen LogP contribution in [-0.2, 0) is 15.7 Å². The Morgan fingerprint density at radius 2 is 1.84 bits per heavy atom. The van der Waals surface area contributed by atoms with Crippen LogP contribution in [0.2, 0.25) is 0 Å². The number of rotatable bonds is 3. The predicted octanol–water partition coefficient (Wildman–Crippen LogP) is 1.86. The van der Waals surface area contributed by atoms with Crippen molar-refractivity contribution in [3.8, 4) is 11.5 Å². The quantitative estimate of drug-likeness (QED) is 0.381. The van der Waals surface area contributed by atoms with E-state index in [1.54, 1.807) is 0 Å². The summed E-state index contributed by atoms with van der Waals surface area (Å²) in [6, 6.07) is 0.807. The van der Waals surface area contributed by atoms with E-state index in [0.29, 0.717) is 6.07 Å². The number of ketones is 1. The summed E-state index contributed by atoms with van der Waals surface area (Å²) in [5, 5.41) is 18.5. The van der Waals surface area contributed by atoms with Crippen molar-refractivity contribution in [3.05, 3.63) is 23.3 Å². The highest BCUT2D eigenvalue weighted by Gasteiger charge is 2.37. The van der Waals surface area contributed by atoms with Crippen molar-refractivity contribution in [2.75, 3.05) is 6.61 Å². The fourth-order valence-corrected chi connectivity index (χ4v) is 1.32. The van der Waals surface area contributed by atoms with Gasteiger partial charge in [0.1, 0.15) is 17.1 Å². The number of phenols is 2. The van der Waals surface area contributed by atoms with E-state index in [2.05, 4.69) is 4.74 Å². The lowest BCUT2D eigenvalue weighted by Crippen LogP contribution is -2.18. The normalized spacial score (nSPS) is 11.2. The summed E-state index contributed by atoms with van der Waals surface area (Å²) in [6.45, 7) is 1.24. The Kier molecular flexibility index (Phi) is 4.03. The van der Waals surface area contributed by atoms with E-state index in [4.69, 9.17) is 5.11 Å². The van der Waals surface area contributed by atoms with Gasteiger partial charge in [0.05, 0.1) is 12.2 Å². The SMILES string of the molecule is CCOC(=O)C(=O)c1cc(O)cc(C(F)(F)F)c1O. The standard InChI is InChI=1S/C11H9F3O5/c1-2-19-10(18)9(17)6-3-5(15)4-7(8(6)16)11(12,13)14/h3-4,15-16H,2H2,1H3. The Balaban J connectivity index is 3.34. The van der Waals surface area contributed by atoms with Crippen LogP contribution in [0.5, 0.6) is 11.5 Å². The molecule has 0 atom stereocenters. The number of ether oxygens (including phenoxy) is 1. The summed E-state index contributed by atoms with van der Waals surface area (Å²) in [4.78, 5) is 22.6. The number of carbonyl (C=O) groups is 2. The van der Waals surface area contributed by atoms with Crippen LogP contribution in [0.3, 0.4) is 0 Å². The molecule has 0 aliphatic rings. The molecule has 1 rings (SSSR count). The zero-order chi connectivity index (χ0) is 14.8. The number of esters is 1. The van der Waals surface area contributed by atoms with Crippen molar-refractivity contribution >= 4 is 11.8 Å². The minimum Gasteiger partial charge on any atom is -0.508 e. The molecule has 19 heavy (non-hydrogen) atoms. The number of benzene rings is 1. The van der Waals surface area contributed by atoms with Gasteiger partial charge in [-0.2, -0.15) is 13.2 Å². The summed E-state index contributed by atoms with van der Waals surface area (Å²) in [5.74, 6) is -5.22. The highest BCUT2D eigenvalue weighted by molar-refractivity contribution is 6.41. The Labute approximate surface area is 105 Å². The predicted molar refractivity (Wildman–Crippen MR) is 55.7 cm³/mol. The molecule has 8 heteroatoms. The first kappa shape index (κ1) is 14.8. The van der Waals surface area contributed by atoms with Gasteiger partial charge in [-0.25, -0.2) is 4.79 Å². The van der Waals surface area contributed by atoms with Crippen molar-refractivity contribution in [2.45, 2.75) is 13.1 Å². The van der Waals surface area contributed by atoms with Gasteiger partial charge in [-0.3, -0.25) is 4.79 Å². The average molecular weight is 278 g/mol. The lowest BCUT2D eigenvalue weighted by Gasteiger charge is -2.12. The Hall–Kier alpha value is -2.25. The van der Waals surface area contributed by atoms with Gasteiger partial charge in [0.2, 0.25) is 0 Å². The number of Topliss-reactive ketones (excluding diaryl/α,β-unsaturated/α-hetero) is 1. The van der Waals surface area contributed by atoms with E-state index < -0.39 is 40.6 Å². The van der Waals surface area contributed by atoms with Crippen molar-refractivity contribution in [1.82, 2.24) is 0 Å². The molecule has 1 aromatic carbocycles. The molecule has 0 amide bonds. The van der Waals surface area contributed by atoms with Gasteiger partial charge in [-0.1, -0.05) is 0 Å². The molecule has 0 unspecified atom stereocenters. The third-order valence-corrected chi connectivity index (χ3v) is 2.11. The van der Waals surface area contributed by atoms with Crippen molar-refractivity contribution < 1.29 is 37.7 Å². The van der Waals surface area contributed by atoms with Crippen LogP contribution >= 0.6 is 0 Å². The molecule has 2 N–H and O–H groups in total. The minimum atomic E-state index is -4.98. The van der Waals surface area contributed by atoms with Crippen molar-refractivity contribution in [3.63, 3.8) is 0 Å². The monoisotopic (exact) mass is 278 g/mol. The lowest BCUT2D eigenvalue weighted by atomic mass is 10.0. The van der Waals surface area contributed by atoms with Crippen LogP contribution in [0.4, 0.5) is 13.2 Å². The highest BCUT2D eigenvalue weighted by atomic mass is 19.4. The van der Waals surface area contributed by atoms with E-state index >= 15 is 0 Å². The molecule has 0 bridgehead atoms. The summed E-state index contributed by atoms with van der Waals surface area (Å²) in [5.41, 5.74) is -2.58. The first-order chi connectivity index (χ1) is 8.68. The zero-order valence-electron chi connectivity index (χ0n) is 9.61. The van der Waals surface area contributed by atoms with Crippen molar-refractivity contribution in [2.24, 2.45) is 0 Å². The molecule has 1 aromatic rings. The first-order valence-corrected chi connectivity index (χ1v) is 5.03. The number of carbonyl (C=O) groups excluding carboxylic acids is 2. The van der Waals surface area contributed by atoms with E-state index in [-0.39, 0.29) is 12.7 Å². The van der Waals surface area contributed by atoms with Crippen LogP contribution in [0.15, 0.2) is 12.1 Å². The molecular formula is C11H9F3O5. The highest BCUT2D eigenvalue weighted by Crippen LogP contribution is 2.40. The van der Waals surface area contributed by atoms with Gasteiger partial charge in [0, 0.05) is 0 Å². The first-order valence-electron chi connectivity index (χ1n) is 5.03. The minimum absolute atomic E-state index is 0.156. The van der Waals surface area contributed by atoms with Gasteiger partial charge in [0.15, 0.2) is 0 Å². The Bertz CT molecular complexity index is 522. The lowest BCUT2D eigenvalue weighted by molar-refractivity contribution is -0.139. The fourth-order valence-electron chi connectivity index (χ4n) is 1.32. The molecule has 0 aromatic heterocycles. The largest absolute Gasteiger partial charge is 0.508 e. The van der Waals surface area contributed by atoms with Crippen molar-refractivity contribution in [1.29, 1.82) is 0 Å². The second-order valence-electron chi connectivity index (χ2n) is 3.44. The van der Waals surface area contributed by atoms with Gasteiger partial charge >= 0.3 is 12.1 Å². The summed E-state index contributed by atoms with van der Waals surface area (Å²) >= 11 is 0. The summed E-state index contributed by atoms with van der Waals surface area (Å²) in [7, 11) is 0. The van der Waals surface area contributed by atoms with Crippen LogP contribution in [0.1, 0.15) is 22.8 Å².